The molecule has 0 aliphatic rings. The van der Waals surface area contributed by atoms with Gasteiger partial charge in [0.25, 0.3) is 11.8 Å². The van der Waals surface area contributed by atoms with E-state index in [2.05, 4.69) is 10.6 Å². The van der Waals surface area contributed by atoms with Gasteiger partial charge in [0.1, 0.15) is 24.7 Å². The largest absolute Gasteiger partial charge is 0.491 e. The zero-order chi connectivity index (χ0) is 31.3. The Hall–Kier alpha value is -4.66. The number of rotatable bonds is 15. The molecule has 0 saturated carbocycles. The number of nitrogens with one attached hydrogen (secondary N) is 2. The van der Waals surface area contributed by atoms with Crippen LogP contribution in [-0.2, 0) is 9.47 Å². The molecule has 0 heterocycles. The monoisotopic (exact) mass is 596 g/mol. The molecule has 0 spiro atoms. The van der Waals surface area contributed by atoms with Crippen LogP contribution in [0.25, 0.3) is 11.1 Å². The van der Waals surface area contributed by atoms with Crippen LogP contribution in [0.5, 0.6) is 11.5 Å². The topological polar surface area (TPSA) is 95.1 Å². The van der Waals surface area contributed by atoms with Crippen LogP contribution in [0.3, 0.4) is 0 Å². The van der Waals surface area contributed by atoms with Crippen LogP contribution in [-0.4, -0.2) is 51.5 Å². The normalized spacial score (nSPS) is 10.7. The number of carbonyl (C=O) groups excluding carboxylic acids is 2. The minimum atomic E-state index is -0.213. The highest BCUT2D eigenvalue weighted by molar-refractivity contribution is 6.05. The first-order valence-electron chi connectivity index (χ1n) is 14.8. The lowest BCUT2D eigenvalue weighted by molar-refractivity contribution is 0.101. The second-order valence-electron chi connectivity index (χ2n) is 10.1. The molecule has 4 aromatic rings. The van der Waals surface area contributed by atoms with Crippen LogP contribution < -0.4 is 20.1 Å². The van der Waals surface area contributed by atoms with Gasteiger partial charge in [-0.15, -0.1) is 0 Å². The van der Waals surface area contributed by atoms with Gasteiger partial charge in [-0.3, -0.25) is 9.59 Å². The van der Waals surface area contributed by atoms with Gasteiger partial charge in [-0.2, -0.15) is 0 Å². The number of ether oxygens (including phenoxy) is 4. The van der Waals surface area contributed by atoms with E-state index < -0.39 is 0 Å². The van der Waals surface area contributed by atoms with E-state index in [0.717, 1.165) is 33.6 Å². The van der Waals surface area contributed by atoms with E-state index in [1.54, 1.807) is 36.4 Å². The van der Waals surface area contributed by atoms with Gasteiger partial charge in [0.2, 0.25) is 0 Å². The van der Waals surface area contributed by atoms with Crippen LogP contribution in [0.1, 0.15) is 45.7 Å². The van der Waals surface area contributed by atoms with Gasteiger partial charge in [-0.25, -0.2) is 0 Å². The van der Waals surface area contributed by atoms with Crippen LogP contribution in [0.2, 0.25) is 0 Å². The van der Waals surface area contributed by atoms with E-state index in [-0.39, 0.29) is 11.8 Å². The molecule has 230 valence electrons. The number of benzene rings is 4. The molecular weight excluding hydrogens is 556 g/mol. The molecule has 0 unspecified atom stereocenters. The molecule has 2 N–H and O–H groups in total. The van der Waals surface area contributed by atoms with Gasteiger partial charge < -0.3 is 29.6 Å². The summed E-state index contributed by atoms with van der Waals surface area (Å²) < 4.78 is 22.0. The van der Waals surface area contributed by atoms with Gasteiger partial charge in [0.15, 0.2) is 0 Å². The standard InChI is InChI=1S/C36H40N2O6/c1-5-41-17-19-43-31-11-7-9-29(23-31)35(39)37-33-15-13-27(21-25(33)3)28-14-16-34(26(4)22-28)38-36(40)30-10-8-12-32(24-30)44-20-18-42-6-2/h7-16,21-24H,5-6,17-20H2,1-4H3,(H,37,39)(H,38,40). The smallest absolute Gasteiger partial charge is 0.255 e. The molecule has 0 radical (unpaired) electrons. The minimum absolute atomic E-state index is 0.213. The summed E-state index contributed by atoms with van der Waals surface area (Å²) in [6, 6.07) is 26.0. The Balaban J connectivity index is 1.38. The molecule has 8 heteroatoms. The maximum Gasteiger partial charge on any atom is 0.255 e. The van der Waals surface area contributed by atoms with Gasteiger partial charge in [-0.1, -0.05) is 24.3 Å². The zero-order valence-corrected chi connectivity index (χ0v) is 25.8. The lowest BCUT2D eigenvalue weighted by Crippen LogP contribution is -2.13. The van der Waals surface area contributed by atoms with E-state index in [1.165, 1.54) is 0 Å². The fourth-order valence-electron chi connectivity index (χ4n) is 4.54. The van der Waals surface area contributed by atoms with Crippen molar-refractivity contribution < 1.29 is 28.5 Å². The molecule has 4 aromatic carbocycles. The molecule has 4 rings (SSSR count). The summed E-state index contributed by atoms with van der Waals surface area (Å²) in [5.41, 5.74) is 6.34. The summed E-state index contributed by atoms with van der Waals surface area (Å²) in [5.74, 6) is 0.815. The summed E-state index contributed by atoms with van der Waals surface area (Å²) in [5, 5.41) is 6.01. The average Bonchev–Trinajstić information content (AvgIpc) is 3.03. The summed E-state index contributed by atoms with van der Waals surface area (Å²) in [7, 11) is 0. The molecule has 0 saturated heterocycles. The highest BCUT2D eigenvalue weighted by Gasteiger charge is 2.12. The molecule has 2 amide bonds. The average molecular weight is 597 g/mol. The summed E-state index contributed by atoms with van der Waals surface area (Å²) in [4.78, 5) is 25.9. The van der Waals surface area contributed by atoms with Gasteiger partial charge in [0.05, 0.1) is 13.2 Å². The predicted octanol–water partition coefficient (Wildman–Crippen LogP) is 7.31. The van der Waals surface area contributed by atoms with E-state index in [1.807, 2.05) is 76.2 Å². The molecule has 0 aliphatic carbocycles. The third-order valence-corrected chi connectivity index (χ3v) is 6.88. The molecule has 0 aliphatic heterocycles. The van der Waals surface area contributed by atoms with E-state index in [4.69, 9.17) is 18.9 Å². The Kier molecular flexibility index (Phi) is 11.9. The Morgan fingerprint density at radius 3 is 1.39 bits per heavy atom. The first kappa shape index (κ1) is 32.3. The second-order valence-corrected chi connectivity index (χ2v) is 10.1. The fourth-order valence-corrected chi connectivity index (χ4v) is 4.54. The third kappa shape index (κ3) is 9.17. The molecule has 8 nitrogen and oxygen atoms in total. The van der Waals surface area contributed by atoms with Gasteiger partial charge >= 0.3 is 0 Å². The highest BCUT2D eigenvalue weighted by Crippen LogP contribution is 2.29. The van der Waals surface area contributed by atoms with Crippen molar-refractivity contribution in [2.45, 2.75) is 27.7 Å². The SMILES string of the molecule is CCOCCOc1cccc(C(=O)Nc2ccc(-c3ccc(NC(=O)c4cccc(OCCOCC)c4)c(C)c3)cc2C)c1. The fraction of sp³-hybridized carbons (Fsp3) is 0.278. The minimum Gasteiger partial charge on any atom is -0.491 e. The maximum absolute atomic E-state index is 13.0. The third-order valence-electron chi connectivity index (χ3n) is 6.88. The zero-order valence-electron chi connectivity index (χ0n) is 25.8. The van der Waals surface area contributed by atoms with Crippen molar-refractivity contribution in [3.8, 4) is 22.6 Å². The molecule has 0 atom stereocenters. The molecular formula is C36H40N2O6. The first-order chi connectivity index (χ1) is 21.4. The van der Waals surface area contributed by atoms with E-state index >= 15 is 0 Å². The Labute approximate surface area is 259 Å². The van der Waals surface area contributed by atoms with Crippen LogP contribution in [0.15, 0.2) is 84.9 Å². The van der Waals surface area contributed by atoms with Gasteiger partial charge in [-0.05, 0) is 111 Å². The quantitative estimate of drug-likeness (QED) is 0.140. The number of amides is 2. The predicted molar refractivity (Wildman–Crippen MR) is 174 cm³/mol. The number of hydrogen-bond donors (Lipinski definition) is 2. The van der Waals surface area contributed by atoms with Crippen molar-refractivity contribution in [2.24, 2.45) is 0 Å². The van der Waals surface area contributed by atoms with Crippen molar-refractivity contribution in [1.29, 1.82) is 0 Å². The number of anilines is 2. The lowest BCUT2D eigenvalue weighted by Gasteiger charge is -2.14. The van der Waals surface area contributed by atoms with E-state index in [9.17, 15) is 9.59 Å². The van der Waals surface area contributed by atoms with Crippen LogP contribution >= 0.6 is 0 Å². The molecule has 0 aromatic heterocycles. The van der Waals surface area contributed by atoms with Crippen LogP contribution in [0, 0.1) is 13.8 Å². The first-order valence-corrected chi connectivity index (χ1v) is 14.8. The Morgan fingerprint density at radius 2 is 1.00 bits per heavy atom. The van der Waals surface area contributed by atoms with Crippen molar-refractivity contribution >= 4 is 23.2 Å². The summed E-state index contributed by atoms with van der Waals surface area (Å²) in [6.45, 7) is 10.9. The summed E-state index contributed by atoms with van der Waals surface area (Å²) >= 11 is 0. The van der Waals surface area contributed by atoms with Crippen molar-refractivity contribution in [2.75, 3.05) is 50.3 Å². The van der Waals surface area contributed by atoms with Crippen LogP contribution in [0.4, 0.5) is 11.4 Å². The van der Waals surface area contributed by atoms with Crippen molar-refractivity contribution in [3.05, 3.63) is 107 Å². The molecule has 44 heavy (non-hydrogen) atoms. The lowest BCUT2D eigenvalue weighted by atomic mass is 9.99. The Morgan fingerprint density at radius 1 is 0.568 bits per heavy atom. The number of aryl methyl sites for hydroxylation is 2. The van der Waals surface area contributed by atoms with E-state index in [0.29, 0.717) is 62.3 Å². The maximum atomic E-state index is 13.0. The molecule has 0 fully saturated rings. The van der Waals surface area contributed by atoms with Gasteiger partial charge in [0, 0.05) is 35.7 Å². The highest BCUT2D eigenvalue weighted by atomic mass is 16.5. The van der Waals surface area contributed by atoms with Crippen molar-refractivity contribution in [1.82, 2.24) is 0 Å². The Bertz CT molecular complexity index is 1450. The van der Waals surface area contributed by atoms with Crippen molar-refractivity contribution in [3.63, 3.8) is 0 Å². The number of hydrogen-bond acceptors (Lipinski definition) is 6. The second kappa shape index (κ2) is 16.3. The summed E-state index contributed by atoms with van der Waals surface area (Å²) in [6.07, 6.45) is 0. The number of carbonyl (C=O) groups is 2. The molecule has 0 bridgehead atoms.